The molecule has 0 fully saturated rings. The SMILES string of the molecule is CCC(Sc1nnc(CC(=O)Nc2ccc(C)cc2)n1C)C(=O)Nc1cccc(C(C)=O)c1. The van der Waals surface area contributed by atoms with E-state index in [1.807, 2.05) is 38.1 Å². The number of anilines is 2. The number of nitrogens with zero attached hydrogens (tertiary/aromatic N) is 3. The number of ketones is 1. The van der Waals surface area contributed by atoms with Crippen LogP contribution in [0.15, 0.2) is 53.7 Å². The first-order valence-electron chi connectivity index (χ1n) is 10.6. The summed E-state index contributed by atoms with van der Waals surface area (Å²) in [5, 5.41) is 14.2. The van der Waals surface area contributed by atoms with Crippen LogP contribution in [0.5, 0.6) is 0 Å². The molecule has 1 unspecified atom stereocenters. The molecule has 0 aliphatic heterocycles. The summed E-state index contributed by atoms with van der Waals surface area (Å²) in [7, 11) is 1.78. The molecular weight excluding hydrogens is 438 g/mol. The van der Waals surface area contributed by atoms with Gasteiger partial charge in [0.15, 0.2) is 10.9 Å². The summed E-state index contributed by atoms with van der Waals surface area (Å²) in [6.07, 6.45) is 0.637. The summed E-state index contributed by atoms with van der Waals surface area (Å²) >= 11 is 1.29. The highest BCUT2D eigenvalue weighted by Gasteiger charge is 2.22. The molecule has 33 heavy (non-hydrogen) atoms. The number of hydrogen-bond donors (Lipinski definition) is 2. The van der Waals surface area contributed by atoms with Crippen LogP contribution in [0.25, 0.3) is 0 Å². The lowest BCUT2D eigenvalue weighted by atomic mass is 10.1. The van der Waals surface area contributed by atoms with E-state index in [1.54, 1.807) is 35.9 Å². The maximum absolute atomic E-state index is 12.8. The van der Waals surface area contributed by atoms with Crippen LogP contribution in [0.2, 0.25) is 0 Å². The van der Waals surface area contributed by atoms with Gasteiger partial charge in [-0.15, -0.1) is 10.2 Å². The summed E-state index contributed by atoms with van der Waals surface area (Å²) in [4.78, 5) is 36.8. The number of rotatable bonds is 9. The highest BCUT2D eigenvalue weighted by molar-refractivity contribution is 8.00. The molecule has 1 atom stereocenters. The van der Waals surface area contributed by atoms with E-state index >= 15 is 0 Å². The fraction of sp³-hybridized carbons (Fsp3) is 0.292. The Balaban J connectivity index is 1.63. The Kier molecular flexibility index (Phi) is 8.00. The second-order valence-corrected chi connectivity index (χ2v) is 8.86. The van der Waals surface area contributed by atoms with Gasteiger partial charge in [0.25, 0.3) is 0 Å². The Morgan fingerprint density at radius 3 is 2.42 bits per heavy atom. The molecule has 2 aromatic carbocycles. The van der Waals surface area contributed by atoms with Gasteiger partial charge < -0.3 is 15.2 Å². The van der Waals surface area contributed by atoms with Crippen molar-refractivity contribution >= 4 is 40.7 Å². The Hall–Kier alpha value is -3.46. The third kappa shape index (κ3) is 6.52. The Morgan fingerprint density at radius 2 is 1.76 bits per heavy atom. The maximum atomic E-state index is 12.8. The zero-order valence-electron chi connectivity index (χ0n) is 19.1. The molecular formula is C24H27N5O3S. The van der Waals surface area contributed by atoms with Crippen LogP contribution in [-0.4, -0.2) is 37.6 Å². The van der Waals surface area contributed by atoms with Crippen LogP contribution in [0, 0.1) is 6.92 Å². The monoisotopic (exact) mass is 465 g/mol. The highest BCUT2D eigenvalue weighted by Crippen LogP contribution is 2.25. The van der Waals surface area contributed by atoms with E-state index in [9.17, 15) is 14.4 Å². The van der Waals surface area contributed by atoms with Crippen LogP contribution < -0.4 is 10.6 Å². The van der Waals surface area contributed by atoms with Gasteiger partial charge in [0.05, 0.1) is 11.7 Å². The van der Waals surface area contributed by atoms with E-state index < -0.39 is 5.25 Å². The van der Waals surface area contributed by atoms with Crippen molar-refractivity contribution in [1.29, 1.82) is 0 Å². The van der Waals surface area contributed by atoms with Crippen LogP contribution in [0.1, 0.15) is 42.0 Å². The van der Waals surface area contributed by atoms with Crippen molar-refractivity contribution in [3.63, 3.8) is 0 Å². The number of hydrogen-bond acceptors (Lipinski definition) is 6. The van der Waals surface area contributed by atoms with Crippen molar-refractivity contribution < 1.29 is 14.4 Å². The molecule has 0 spiro atoms. The molecule has 9 heteroatoms. The molecule has 0 saturated carbocycles. The summed E-state index contributed by atoms with van der Waals surface area (Å²) in [6, 6.07) is 14.4. The predicted octanol–water partition coefficient (Wildman–Crippen LogP) is 4.02. The minimum atomic E-state index is -0.414. The standard InChI is InChI=1S/C24H27N5O3S/c1-5-20(23(32)26-19-8-6-7-17(13-19)16(3)30)33-24-28-27-21(29(24)4)14-22(31)25-18-11-9-15(2)10-12-18/h6-13,20H,5,14H2,1-4H3,(H,25,31)(H,26,32). The molecule has 2 amide bonds. The highest BCUT2D eigenvalue weighted by atomic mass is 32.2. The fourth-order valence-corrected chi connectivity index (χ4v) is 4.01. The second kappa shape index (κ2) is 10.9. The van der Waals surface area contributed by atoms with Gasteiger partial charge in [-0.25, -0.2) is 0 Å². The zero-order chi connectivity index (χ0) is 24.0. The number of Topliss-reactive ketones (excluding diaryl/α,β-unsaturated/α-hetero) is 1. The van der Waals surface area contributed by atoms with Gasteiger partial charge in [-0.2, -0.15) is 0 Å². The van der Waals surface area contributed by atoms with Gasteiger partial charge >= 0.3 is 0 Å². The number of nitrogens with one attached hydrogen (secondary N) is 2. The van der Waals surface area contributed by atoms with Gasteiger partial charge in [0.1, 0.15) is 5.82 Å². The van der Waals surface area contributed by atoms with E-state index in [2.05, 4.69) is 20.8 Å². The number of aromatic nitrogens is 3. The Labute approximate surface area is 197 Å². The van der Waals surface area contributed by atoms with Crippen molar-refractivity contribution in [3.8, 4) is 0 Å². The average molecular weight is 466 g/mol. The molecule has 1 heterocycles. The lowest BCUT2D eigenvalue weighted by molar-refractivity contribution is -0.116. The molecule has 3 rings (SSSR count). The van der Waals surface area contributed by atoms with Gasteiger partial charge in [0, 0.05) is 24.0 Å². The first-order chi connectivity index (χ1) is 15.8. The Bertz CT molecular complexity index is 1160. The van der Waals surface area contributed by atoms with Crippen LogP contribution >= 0.6 is 11.8 Å². The average Bonchev–Trinajstić information content (AvgIpc) is 3.12. The summed E-state index contributed by atoms with van der Waals surface area (Å²) in [5.74, 6) is 0.0583. The smallest absolute Gasteiger partial charge is 0.237 e. The van der Waals surface area contributed by atoms with Crippen molar-refractivity contribution in [3.05, 3.63) is 65.5 Å². The van der Waals surface area contributed by atoms with Gasteiger partial charge in [-0.05, 0) is 44.5 Å². The quantitative estimate of drug-likeness (QED) is 0.365. The van der Waals surface area contributed by atoms with Crippen LogP contribution in [-0.2, 0) is 23.1 Å². The van der Waals surface area contributed by atoms with E-state index in [0.717, 1.165) is 11.3 Å². The summed E-state index contributed by atoms with van der Waals surface area (Å²) < 4.78 is 1.73. The van der Waals surface area contributed by atoms with Gasteiger partial charge in [0.2, 0.25) is 11.8 Å². The number of benzene rings is 2. The maximum Gasteiger partial charge on any atom is 0.237 e. The zero-order valence-corrected chi connectivity index (χ0v) is 19.9. The van der Waals surface area contributed by atoms with E-state index in [0.29, 0.717) is 28.7 Å². The third-order valence-electron chi connectivity index (χ3n) is 5.03. The Morgan fingerprint density at radius 1 is 1.03 bits per heavy atom. The number of carbonyl (C=O) groups is 3. The molecule has 0 aliphatic rings. The van der Waals surface area contributed by atoms with Crippen LogP contribution in [0.4, 0.5) is 11.4 Å². The van der Waals surface area contributed by atoms with Crippen molar-refractivity contribution in [2.75, 3.05) is 10.6 Å². The van der Waals surface area contributed by atoms with Crippen molar-refractivity contribution in [2.45, 2.75) is 44.0 Å². The first-order valence-corrected chi connectivity index (χ1v) is 11.5. The van der Waals surface area contributed by atoms with Gasteiger partial charge in [-0.3, -0.25) is 14.4 Å². The molecule has 3 aromatic rings. The first kappa shape index (κ1) is 24.2. The molecule has 0 aliphatic carbocycles. The summed E-state index contributed by atoms with van der Waals surface area (Å²) in [6.45, 7) is 5.38. The summed E-state index contributed by atoms with van der Waals surface area (Å²) in [5.41, 5.74) is 2.94. The molecule has 8 nitrogen and oxygen atoms in total. The topological polar surface area (TPSA) is 106 Å². The molecule has 2 N–H and O–H groups in total. The number of aryl methyl sites for hydroxylation is 1. The number of carbonyl (C=O) groups excluding carboxylic acids is 3. The lowest BCUT2D eigenvalue weighted by Crippen LogP contribution is -2.25. The largest absolute Gasteiger partial charge is 0.326 e. The molecule has 0 bridgehead atoms. The minimum Gasteiger partial charge on any atom is -0.326 e. The third-order valence-corrected chi connectivity index (χ3v) is 6.42. The van der Waals surface area contributed by atoms with E-state index in [4.69, 9.17) is 0 Å². The molecule has 0 saturated heterocycles. The van der Waals surface area contributed by atoms with Crippen molar-refractivity contribution in [2.24, 2.45) is 7.05 Å². The van der Waals surface area contributed by atoms with E-state index in [1.165, 1.54) is 18.7 Å². The van der Waals surface area contributed by atoms with E-state index in [-0.39, 0.29) is 24.0 Å². The molecule has 0 radical (unpaired) electrons. The number of amides is 2. The minimum absolute atomic E-state index is 0.0643. The second-order valence-electron chi connectivity index (χ2n) is 7.69. The van der Waals surface area contributed by atoms with Crippen molar-refractivity contribution in [1.82, 2.24) is 14.8 Å². The fourth-order valence-electron chi connectivity index (χ4n) is 3.08. The lowest BCUT2D eigenvalue weighted by Gasteiger charge is -2.14. The van der Waals surface area contributed by atoms with Crippen LogP contribution in [0.3, 0.4) is 0 Å². The molecule has 1 aromatic heterocycles. The van der Waals surface area contributed by atoms with Gasteiger partial charge in [-0.1, -0.05) is 48.5 Å². The predicted molar refractivity (Wildman–Crippen MR) is 130 cm³/mol. The normalized spacial score (nSPS) is 11.6. The number of thioether (sulfide) groups is 1. The molecule has 172 valence electrons.